The smallest absolute Gasteiger partial charge is 0.146 e. The molecule has 0 aromatic heterocycles. The lowest BCUT2D eigenvalue weighted by atomic mass is 9.78. The Morgan fingerprint density at radius 1 is 0.600 bits per heavy atom. The second-order valence-electron chi connectivity index (χ2n) is 11.5. The Morgan fingerprint density at radius 3 is 1.50 bits per heavy atom. The van der Waals surface area contributed by atoms with Crippen LogP contribution in [0.15, 0.2) is 0 Å². The average molecular weight is 567 g/mol. The zero-order valence-electron chi connectivity index (χ0n) is 24.5. The number of terminal acetylenes is 2. The molecule has 4 rings (SSSR count). The van der Waals surface area contributed by atoms with Gasteiger partial charge in [0.05, 0.1) is 36.4 Å². The number of fused-ring (bicyclic) bond motifs is 2. The minimum atomic E-state index is -1.26. The van der Waals surface area contributed by atoms with Gasteiger partial charge in [-0.15, -0.1) is 24.7 Å². The Hall–Kier alpha value is -1.28. The zero-order valence-corrected chi connectivity index (χ0v) is 24.5. The fourth-order valence-electron chi connectivity index (χ4n) is 6.71. The molecule has 0 bridgehead atoms. The summed E-state index contributed by atoms with van der Waals surface area (Å²) in [7, 11) is 3.31. The van der Waals surface area contributed by atoms with Crippen LogP contribution in [0.1, 0.15) is 52.4 Å². The first kappa shape index (κ1) is 33.2. The van der Waals surface area contributed by atoms with Crippen molar-refractivity contribution in [2.45, 2.75) is 113 Å². The number of aliphatic hydroxyl groups is 4. The third-order valence-electron chi connectivity index (χ3n) is 9.08. The summed E-state index contributed by atoms with van der Waals surface area (Å²) in [5.74, 6) is 6.27. The van der Waals surface area contributed by atoms with Crippen molar-refractivity contribution in [3.05, 3.63) is 0 Å². The monoisotopic (exact) mass is 566 g/mol. The van der Waals surface area contributed by atoms with Crippen molar-refractivity contribution in [2.75, 3.05) is 40.9 Å². The van der Waals surface area contributed by atoms with E-state index < -0.39 is 24.4 Å². The van der Waals surface area contributed by atoms with E-state index in [2.05, 4.69) is 30.6 Å². The van der Waals surface area contributed by atoms with Crippen LogP contribution < -0.4 is 0 Å². The van der Waals surface area contributed by atoms with Crippen molar-refractivity contribution < 1.29 is 39.4 Å². The third-order valence-corrected chi connectivity index (χ3v) is 9.08. The highest BCUT2D eigenvalue weighted by Gasteiger charge is 2.64. The fraction of sp³-hybridized carbons (Fsp3) is 0.867. The van der Waals surface area contributed by atoms with Gasteiger partial charge in [-0.2, -0.15) is 0 Å². The molecule has 2 aliphatic heterocycles. The lowest BCUT2D eigenvalue weighted by molar-refractivity contribution is -0.183. The predicted octanol–water partition coefficient (Wildman–Crippen LogP) is 0.407. The first-order valence-electron chi connectivity index (χ1n) is 14.6. The van der Waals surface area contributed by atoms with Gasteiger partial charge in [0.2, 0.25) is 0 Å². The summed E-state index contributed by atoms with van der Waals surface area (Å²) in [4.78, 5) is 4.47. The molecule has 10 heteroatoms. The molecule has 4 aliphatic rings. The van der Waals surface area contributed by atoms with Crippen LogP contribution in [0, 0.1) is 36.5 Å². The van der Waals surface area contributed by atoms with Gasteiger partial charge in [-0.1, -0.05) is 13.8 Å². The molecule has 40 heavy (non-hydrogen) atoms. The van der Waals surface area contributed by atoms with Crippen molar-refractivity contribution >= 4 is 0 Å². The normalized spacial score (nSPS) is 42.9. The van der Waals surface area contributed by atoms with Crippen molar-refractivity contribution in [1.29, 1.82) is 0 Å². The van der Waals surface area contributed by atoms with Gasteiger partial charge in [0.15, 0.2) is 0 Å². The Bertz CT molecular complexity index is 829. The molecule has 4 fully saturated rings. The molecular formula is C30H50N2O8. The van der Waals surface area contributed by atoms with Crippen molar-refractivity contribution in [1.82, 2.24) is 9.80 Å². The Balaban J connectivity index is 0.000000230. The van der Waals surface area contributed by atoms with Crippen LogP contribution in [0.3, 0.4) is 0 Å². The van der Waals surface area contributed by atoms with E-state index >= 15 is 0 Å². The first-order valence-corrected chi connectivity index (χ1v) is 14.6. The van der Waals surface area contributed by atoms with E-state index in [0.29, 0.717) is 37.5 Å². The number of ether oxygens (including phenoxy) is 4. The second kappa shape index (κ2) is 15.8. The van der Waals surface area contributed by atoms with Gasteiger partial charge < -0.3 is 39.4 Å². The molecule has 0 radical (unpaired) electrons. The molecule has 2 heterocycles. The Morgan fingerprint density at radius 2 is 1.05 bits per heavy atom. The molecule has 0 aromatic rings. The topological polar surface area (TPSA) is 124 Å². The van der Waals surface area contributed by atoms with Crippen LogP contribution in [0.5, 0.6) is 0 Å². The summed E-state index contributed by atoms with van der Waals surface area (Å²) in [6, 6.07) is 0.549. The van der Waals surface area contributed by atoms with E-state index in [4.69, 9.17) is 31.8 Å². The number of unbranched alkanes of at least 4 members (excludes halogenated alkanes) is 4. The molecule has 228 valence electrons. The zero-order chi connectivity index (χ0) is 29.4. The van der Waals surface area contributed by atoms with Crippen molar-refractivity contribution in [3.8, 4) is 24.7 Å². The van der Waals surface area contributed by atoms with Crippen LogP contribution in [-0.4, -0.2) is 132 Å². The van der Waals surface area contributed by atoms with E-state index in [9.17, 15) is 20.4 Å². The molecule has 10 nitrogen and oxygen atoms in total. The summed E-state index contributed by atoms with van der Waals surface area (Å²) in [6.07, 6.45) is 11.7. The SMILES string of the molecule is C#CCCCCN1[C@@H]2C(O)C(O)C(O)C(O)[C@@H]21.C#CCCCCN1[C@@H]2C(OCOC)C(OCOC)C(C)C(C)[C@@H]21. The van der Waals surface area contributed by atoms with E-state index in [0.717, 1.165) is 51.6 Å². The van der Waals surface area contributed by atoms with Crippen LogP contribution in [-0.2, 0) is 18.9 Å². The number of aliphatic hydroxyl groups excluding tert-OH is 4. The number of likely N-dealkylation sites (tertiary alicyclic amines) is 2. The van der Waals surface area contributed by atoms with Crippen molar-refractivity contribution in [2.24, 2.45) is 11.8 Å². The summed E-state index contributed by atoms with van der Waals surface area (Å²) >= 11 is 0. The number of rotatable bonds is 14. The maximum atomic E-state index is 9.75. The molecule has 2 saturated heterocycles. The second-order valence-corrected chi connectivity index (χ2v) is 11.5. The van der Waals surface area contributed by atoms with Gasteiger partial charge in [0.1, 0.15) is 31.9 Å². The minimum Gasteiger partial charge on any atom is -0.389 e. The molecule has 0 spiro atoms. The van der Waals surface area contributed by atoms with Crippen LogP contribution in [0.2, 0.25) is 0 Å². The lowest BCUT2D eigenvalue weighted by Crippen LogP contribution is -2.53. The number of methoxy groups -OCH3 is 2. The highest BCUT2D eigenvalue weighted by atomic mass is 16.7. The minimum absolute atomic E-state index is 0.0360. The maximum Gasteiger partial charge on any atom is 0.146 e. The molecule has 4 N–H and O–H groups in total. The molecule has 2 aliphatic carbocycles. The predicted molar refractivity (Wildman–Crippen MR) is 150 cm³/mol. The van der Waals surface area contributed by atoms with Gasteiger partial charge in [0.25, 0.3) is 0 Å². The van der Waals surface area contributed by atoms with E-state index in [1.807, 2.05) is 4.90 Å². The average Bonchev–Trinajstić information content (AvgIpc) is 3.86. The van der Waals surface area contributed by atoms with E-state index in [-0.39, 0.29) is 24.3 Å². The van der Waals surface area contributed by atoms with Gasteiger partial charge in [-0.05, 0) is 50.6 Å². The van der Waals surface area contributed by atoms with E-state index in [1.54, 1.807) is 14.2 Å². The van der Waals surface area contributed by atoms with Gasteiger partial charge in [0, 0.05) is 33.1 Å². The van der Waals surface area contributed by atoms with Gasteiger partial charge in [-0.3, -0.25) is 9.80 Å². The Labute approximate surface area is 239 Å². The highest BCUT2D eigenvalue weighted by molar-refractivity contribution is 5.18. The van der Waals surface area contributed by atoms with Crippen molar-refractivity contribution in [3.63, 3.8) is 0 Å². The summed E-state index contributed by atoms with van der Waals surface area (Å²) in [5.41, 5.74) is 0. The summed E-state index contributed by atoms with van der Waals surface area (Å²) < 4.78 is 22.2. The standard InChI is InChI=1S/C18H31NO4.C12H19NO4/c1-6-7-8-9-10-19-15-13(2)14(3)17(22-11-20-4)18(16(15)19)23-12-21-5;1-2-3-4-5-6-13-7-8(13)10(15)12(17)11(16)9(7)14/h1,13-18H,7-12H2,2-5H3;1,7-12,14-17H,3-6H2/t13?,14?,15-,16-,17?,18?,19?;7-,8+,9?,10?,11?,12?,13?/m0./s1. The maximum absolute atomic E-state index is 9.75. The largest absolute Gasteiger partial charge is 0.389 e. The van der Waals surface area contributed by atoms with Crippen LogP contribution in [0.25, 0.3) is 0 Å². The number of hydrogen-bond donors (Lipinski definition) is 4. The molecular weight excluding hydrogens is 516 g/mol. The highest BCUT2D eigenvalue weighted by Crippen LogP contribution is 2.49. The summed E-state index contributed by atoms with van der Waals surface area (Å²) in [6.45, 7) is 6.97. The number of nitrogens with zero attached hydrogens (tertiary/aromatic N) is 2. The molecule has 2 saturated carbocycles. The quantitative estimate of drug-likeness (QED) is 0.102. The van der Waals surface area contributed by atoms with Crippen LogP contribution >= 0.6 is 0 Å². The molecule has 0 amide bonds. The van der Waals surface area contributed by atoms with Crippen LogP contribution in [0.4, 0.5) is 0 Å². The number of hydrogen-bond acceptors (Lipinski definition) is 10. The van der Waals surface area contributed by atoms with Gasteiger partial charge in [-0.25, -0.2) is 0 Å². The molecule has 14 atom stereocenters. The fourth-order valence-corrected chi connectivity index (χ4v) is 6.71. The Kier molecular flexibility index (Phi) is 13.1. The molecule has 10 unspecified atom stereocenters. The molecule has 0 aromatic carbocycles. The van der Waals surface area contributed by atoms with Gasteiger partial charge >= 0.3 is 0 Å². The van der Waals surface area contributed by atoms with E-state index in [1.165, 1.54) is 0 Å². The first-order chi connectivity index (χ1) is 19.3. The summed E-state index contributed by atoms with van der Waals surface area (Å²) in [5, 5.41) is 38.6. The third kappa shape index (κ3) is 7.56. The lowest BCUT2D eigenvalue weighted by Gasteiger charge is -2.37.